The molecule has 0 aliphatic carbocycles. The van der Waals surface area contributed by atoms with Crippen LogP contribution >= 0.6 is 11.8 Å². The number of fused-ring (bicyclic) bond motifs is 2. The highest BCUT2D eigenvalue weighted by Crippen LogP contribution is 2.31. The number of para-hydroxylation sites is 1. The van der Waals surface area contributed by atoms with Crippen molar-refractivity contribution in [2.45, 2.75) is 52.5 Å². The van der Waals surface area contributed by atoms with Crippen molar-refractivity contribution in [1.82, 2.24) is 9.58 Å². The first-order valence-corrected chi connectivity index (χ1v) is 13.4. The van der Waals surface area contributed by atoms with Crippen molar-refractivity contribution in [3.63, 3.8) is 0 Å². The number of aromatic nitrogens is 1. The molecule has 3 heterocycles. The number of carbonyl (C=O) groups is 1. The molecular weight excluding hydrogens is 482 g/mol. The van der Waals surface area contributed by atoms with Crippen LogP contribution in [0.15, 0.2) is 70.4 Å². The number of amides is 1. The van der Waals surface area contributed by atoms with Gasteiger partial charge in [0, 0.05) is 22.7 Å². The lowest BCUT2D eigenvalue weighted by Crippen LogP contribution is -2.35. The zero-order valence-electron chi connectivity index (χ0n) is 21.6. The summed E-state index contributed by atoms with van der Waals surface area (Å²) in [6.45, 7) is 9.82. The van der Waals surface area contributed by atoms with Crippen molar-refractivity contribution < 1.29 is 9.53 Å². The Bertz CT molecular complexity index is 1460. The number of nitrogens with one attached hydrogen (secondary N) is 1. The van der Waals surface area contributed by atoms with E-state index >= 15 is 0 Å². The van der Waals surface area contributed by atoms with Crippen molar-refractivity contribution in [3.8, 4) is 5.75 Å². The van der Waals surface area contributed by atoms with Crippen molar-refractivity contribution >= 4 is 50.7 Å². The summed E-state index contributed by atoms with van der Waals surface area (Å²) in [6, 6.07) is 16.3. The van der Waals surface area contributed by atoms with Gasteiger partial charge in [0.25, 0.3) is 5.91 Å². The van der Waals surface area contributed by atoms with Crippen molar-refractivity contribution in [1.29, 1.82) is 5.41 Å². The number of benzene rings is 2. The molecule has 0 unspecified atom stereocenters. The third-order valence-electron chi connectivity index (χ3n) is 6.40. The number of aliphatic imine (C=N–C) groups is 1. The average Bonchev–Trinajstić information content (AvgIpc) is 3.43. The summed E-state index contributed by atoms with van der Waals surface area (Å²) in [4.78, 5) is 17.1. The minimum atomic E-state index is -0.407. The van der Waals surface area contributed by atoms with Crippen LogP contribution in [0.1, 0.15) is 51.7 Å². The standard InChI is InChI=1S/C29H31N5O2S/c1-5-8-25-32-34-26(30)23(27(35)31-28(34)37-25)17-19-18-33(24-10-7-6-9-22(19)24)15-16-36-21-13-11-20(12-14-21)29(2,3)4/h6-7,9-14,17-18,30H,5,8,15-16H2,1-4H3/b23-17-,30-26?. The fourth-order valence-corrected chi connectivity index (χ4v) is 5.38. The highest BCUT2D eigenvalue weighted by atomic mass is 32.2. The normalized spacial score (nSPS) is 16.9. The van der Waals surface area contributed by atoms with Gasteiger partial charge in [-0.25, -0.2) is 0 Å². The quantitative estimate of drug-likeness (QED) is 0.369. The number of amidine groups is 2. The molecule has 0 spiro atoms. The van der Waals surface area contributed by atoms with Gasteiger partial charge in [-0.05, 0) is 59.9 Å². The second kappa shape index (κ2) is 10.0. The van der Waals surface area contributed by atoms with Gasteiger partial charge in [0.2, 0.25) is 5.17 Å². The predicted molar refractivity (Wildman–Crippen MR) is 152 cm³/mol. The van der Waals surface area contributed by atoms with Gasteiger partial charge in [0.15, 0.2) is 5.84 Å². The Kier molecular flexibility index (Phi) is 6.77. The van der Waals surface area contributed by atoms with Crippen LogP contribution in [-0.2, 0) is 16.8 Å². The summed E-state index contributed by atoms with van der Waals surface area (Å²) >= 11 is 1.37. The van der Waals surface area contributed by atoms with E-state index in [0.717, 1.165) is 40.1 Å². The highest BCUT2D eigenvalue weighted by molar-refractivity contribution is 8.26. The van der Waals surface area contributed by atoms with Gasteiger partial charge in [-0.1, -0.05) is 58.0 Å². The summed E-state index contributed by atoms with van der Waals surface area (Å²) in [7, 11) is 0. The minimum Gasteiger partial charge on any atom is -0.492 e. The lowest BCUT2D eigenvalue weighted by Gasteiger charge is -2.20. The lowest BCUT2D eigenvalue weighted by atomic mass is 9.87. The average molecular weight is 514 g/mol. The first-order valence-electron chi connectivity index (χ1n) is 12.5. The zero-order chi connectivity index (χ0) is 26.2. The molecule has 190 valence electrons. The second-order valence-corrected chi connectivity index (χ2v) is 11.2. The Morgan fingerprint density at radius 1 is 1.11 bits per heavy atom. The monoisotopic (exact) mass is 513 g/mol. The molecule has 2 aliphatic rings. The Balaban J connectivity index is 1.36. The van der Waals surface area contributed by atoms with E-state index in [9.17, 15) is 4.79 Å². The molecular formula is C29H31N5O2S. The summed E-state index contributed by atoms with van der Waals surface area (Å²) < 4.78 is 8.16. The van der Waals surface area contributed by atoms with Crippen LogP contribution in [0.5, 0.6) is 5.75 Å². The van der Waals surface area contributed by atoms with E-state index in [-0.39, 0.29) is 16.8 Å². The van der Waals surface area contributed by atoms with Crippen LogP contribution in [0.3, 0.4) is 0 Å². The van der Waals surface area contributed by atoms with Crippen LogP contribution < -0.4 is 4.74 Å². The van der Waals surface area contributed by atoms with E-state index in [4.69, 9.17) is 10.1 Å². The third kappa shape index (κ3) is 5.11. The van der Waals surface area contributed by atoms with Gasteiger partial charge < -0.3 is 9.30 Å². The fraction of sp³-hybridized carbons (Fsp3) is 0.310. The highest BCUT2D eigenvalue weighted by Gasteiger charge is 2.35. The molecule has 5 rings (SSSR count). The molecule has 1 N–H and O–H groups in total. The molecule has 2 aliphatic heterocycles. The summed E-state index contributed by atoms with van der Waals surface area (Å²) in [5.74, 6) is 0.497. The molecule has 1 aromatic heterocycles. The number of hydrazone groups is 1. The maximum atomic E-state index is 12.9. The molecule has 0 radical (unpaired) electrons. The van der Waals surface area contributed by atoms with E-state index in [1.54, 1.807) is 6.08 Å². The first kappa shape index (κ1) is 25.0. The molecule has 2 aromatic carbocycles. The first-order chi connectivity index (χ1) is 17.7. The number of hydrogen-bond acceptors (Lipinski definition) is 5. The molecule has 3 aromatic rings. The van der Waals surface area contributed by atoms with E-state index in [1.807, 2.05) is 36.5 Å². The Hall–Kier alpha value is -3.65. The van der Waals surface area contributed by atoms with Crippen molar-refractivity contribution in [3.05, 3.63) is 71.4 Å². The third-order valence-corrected chi connectivity index (χ3v) is 7.37. The number of nitrogens with zero attached hydrogens (tertiary/aromatic N) is 4. The van der Waals surface area contributed by atoms with Crippen LogP contribution in [0.4, 0.5) is 0 Å². The van der Waals surface area contributed by atoms with Gasteiger partial charge in [0.1, 0.15) is 17.4 Å². The maximum Gasteiger partial charge on any atom is 0.283 e. The van der Waals surface area contributed by atoms with Gasteiger partial charge in [-0.15, -0.1) is 0 Å². The Morgan fingerprint density at radius 3 is 2.59 bits per heavy atom. The Morgan fingerprint density at radius 2 is 1.86 bits per heavy atom. The second-order valence-electron chi connectivity index (χ2n) is 10.2. The number of rotatable bonds is 7. The molecule has 7 nitrogen and oxygen atoms in total. The van der Waals surface area contributed by atoms with Crippen LogP contribution in [0.2, 0.25) is 0 Å². The number of ether oxygens (including phenoxy) is 1. The SMILES string of the molecule is CCCC1=NN2C(=N)/C(=C/c3cn(CCOc4ccc(C(C)(C)C)cc4)c4ccccc34)C(=O)N=C2S1. The van der Waals surface area contributed by atoms with Gasteiger partial charge in [-0.3, -0.25) is 10.2 Å². The fourth-order valence-electron chi connectivity index (χ4n) is 4.39. The van der Waals surface area contributed by atoms with Gasteiger partial charge in [0.05, 0.1) is 12.1 Å². The van der Waals surface area contributed by atoms with E-state index in [1.165, 1.54) is 22.3 Å². The molecule has 0 fully saturated rings. The zero-order valence-corrected chi connectivity index (χ0v) is 22.4. The van der Waals surface area contributed by atoms with Gasteiger partial charge in [-0.2, -0.15) is 15.1 Å². The van der Waals surface area contributed by atoms with Crippen molar-refractivity contribution in [2.24, 2.45) is 10.1 Å². The molecule has 0 saturated carbocycles. The molecule has 0 bridgehead atoms. The Labute approximate surface area is 221 Å². The minimum absolute atomic E-state index is 0.0625. The number of carbonyl (C=O) groups excluding carboxylic acids is 1. The molecule has 37 heavy (non-hydrogen) atoms. The number of thioether (sulfide) groups is 1. The smallest absolute Gasteiger partial charge is 0.283 e. The van der Waals surface area contributed by atoms with Crippen LogP contribution in [0, 0.1) is 5.41 Å². The van der Waals surface area contributed by atoms with Gasteiger partial charge >= 0.3 is 0 Å². The van der Waals surface area contributed by atoms with E-state index in [2.05, 4.69) is 60.6 Å². The molecule has 0 saturated heterocycles. The summed E-state index contributed by atoms with van der Waals surface area (Å²) in [5, 5.41) is 17.0. The lowest BCUT2D eigenvalue weighted by molar-refractivity contribution is -0.114. The number of hydrogen-bond donors (Lipinski definition) is 1. The largest absolute Gasteiger partial charge is 0.492 e. The van der Waals surface area contributed by atoms with E-state index in [0.29, 0.717) is 18.3 Å². The van der Waals surface area contributed by atoms with Crippen LogP contribution in [0.25, 0.3) is 17.0 Å². The van der Waals surface area contributed by atoms with Crippen LogP contribution in [-0.4, -0.2) is 38.1 Å². The van der Waals surface area contributed by atoms with E-state index < -0.39 is 5.91 Å². The molecule has 0 atom stereocenters. The summed E-state index contributed by atoms with van der Waals surface area (Å²) in [6.07, 6.45) is 5.52. The summed E-state index contributed by atoms with van der Waals surface area (Å²) in [5.41, 5.74) is 3.52. The molecule has 8 heteroatoms. The topological polar surface area (TPSA) is 83.0 Å². The maximum absolute atomic E-state index is 12.9. The molecule has 1 amide bonds. The predicted octanol–water partition coefficient (Wildman–Crippen LogP) is 6.44. The van der Waals surface area contributed by atoms with Crippen molar-refractivity contribution in [2.75, 3.05) is 6.61 Å².